The zero-order valence-corrected chi connectivity index (χ0v) is 11.2. The highest BCUT2D eigenvalue weighted by Crippen LogP contribution is 2.25. The summed E-state index contributed by atoms with van der Waals surface area (Å²) in [6.07, 6.45) is 0. The van der Waals surface area contributed by atoms with Crippen molar-refractivity contribution >= 4 is 11.1 Å². The van der Waals surface area contributed by atoms with Crippen molar-refractivity contribution in [2.24, 2.45) is 0 Å². The molecule has 16 heavy (non-hydrogen) atoms. The van der Waals surface area contributed by atoms with Crippen molar-refractivity contribution in [2.45, 2.75) is 45.3 Å². The molecule has 1 atom stereocenters. The fourth-order valence-electron chi connectivity index (χ4n) is 1.77. The average Bonchev–Trinajstić information content (AvgIpc) is 2.16. The van der Waals surface area contributed by atoms with Crippen molar-refractivity contribution in [2.75, 3.05) is 0 Å². The molecule has 1 aromatic carbocycles. The van der Waals surface area contributed by atoms with E-state index in [2.05, 4.69) is 39.8 Å². The first-order valence-electron chi connectivity index (χ1n) is 5.62. The molecule has 0 heterocycles. The molecule has 0 bridgehead atoms. The van der Waals surface area contributed by atoms with Crippen LogP contribution in [0.1, 0.15) is 56.2 Å². The second-order valence-corrected chi connectivity index (χ2v) is 5.67. The predicted octanol–water partition coefficient (Wildman–Crippen LogP) is 3.66. The van der Waals surface area contributed by atoms with Gasteiger partial charge in [-0.25, -0.2) is 4.21 Å². The van der Waals surface area contributed by atoms with E-state index in [4.69, 9.17) is 4.55 Å². The lowest BCUT2D eigenvalue weighted by atomic mass is 9.92. The second-order valence-electron chi connectivity index (χ2n) is 4.73. The summed E-state index contributed by atoms with van der Waals surface area (Å²) in [5.74, 6) is 1.11. The van der Waals surface area contributed by atoms with Crippen LogP contribution in [-0.2, 0) is 16.8 Å². The Kier molecular flexibility index (Phi) is 4.69. The molecular formula is C13H20O2S. The van der Waals surface area contributed by atoms with E-state index in [1.165, 1.54) is 11.1 Å². The van der Waals surface area contributed by atoms with Crippen LogP contribution >= 0.6 is 0 Å². The van der Waals surface area contributed by atoms with Crippen LogP contribution in [0.5, 0.6) is 0 Å². The highest BCUT2D eigenvalue weighted by atomic mass is 32.2. The summed E-state index contributed by atoms with van der Waals surface area (Å²) in [6, 6.07) is 6.20. The van der Waals surface area contributed by atoms with Gasteiger partial charge in [0.25, 0.3) is 0 Å². The van der Waals surface area contributed by atoms with Gasteiger partial charge in [-0.2, -0.15) is 0 Å². The maximum Gasteiger partial charge on any atom is 0.157 e. The molecule has 2 nitrogen and oxygen atoms in total. The van der Waals surface area contributed by atoms with Crippen molar-refractivity contribution in [1.82, 2.24) is 0 Å². The lowest BCUT2D eigenvalue weighted by Gasteiger charge is -2.15. The van der Waals surface area contributed by atoms with Gasteiger partial charge >= 0.3 is 0 Å². The molecule has 0 saturated carbocycles. The average molecular weight is 240 g/mol. The molecule has 1 unspecified atom stereocenters. The van der Waals surface area contributed by atoms with Gasteiger partial charge in [0, 0.05) is 0 Å². The third-order valence-electron chi connectivity index (χ3n) is 2.74. The summed E-state index contributed by atoms with van der Waals surface area (Å²) < 4.78 is 19.8. The Balaban J connectivity index is 3.14. The van der Waals surface area contributed by atoms with Crippen molar-refractivity contribution in [3.05, 3.63) is 34.9 Å². The number of rotatable bonds is 4. The van der Waals surface area contributed by atoms with E-state index in [-0.39, 0.29) is 5.75 Å². The molecule has 0 aliphatic heterocycles. The fraction of sp³-hybridized carbons (Fsp3) is 0.538. The zero-order valence-electron chi connectivity index (χ0n) is 10.4. The van der Waals surface area contributed by atoms with Gasteiger partial charge in [-0.1, -0.05) is 45.9 Å². The Morgan fingerprint density at radius 2 is 1.81 bits per heavy atom. The van der Waals surface area contributed by atoms with E-state index in [1.54, 1.807) is 0 Å². The van der Waals surface area contributed by atoms with E-state index in [9.17, 15) is 4.21 Å². The number of hydrogen-bond acceptors (Lipinski definition) is 1. The van der Waals surface area contributed by atoms with Crippen LogP contribution in [0.3, 0.4) is 0 Å². The molecule has 0 amide bonds. The minimum atomic E-state index is -1.76. The summed E-state index contributed by atoms with van der Waals surface area (Å²) in [5.41, 5.74) is 3.46. The third kappa shape index (κ3) is 3.42. The molecule has 0 aromatic heterocycles. The summed E-state index contributed by atoms with van der Waals surface area (Å²) in [4.78, 5) is 0. The first kappa shape index (κ1) is 13.4. The van der Waals surface area contributed by atoms with Crippen molar-refractivity contribution in [3.63, 3.8) is 0 Å². The van der Waals surface area contributed by atoms with Gasteiger partial charge in [0.15, 0.2) is 11.1 Å². The highest BCUT2D eigenvalue weighted by molar-refractivity contribution is 7.78. The molecule has 0 spiro atoms. The quantitative estimate of drug-likeness (QED) is 0.816. The Bertz CT molecular complexity index is 384. The smallest absolute Gasteiger partial charge is 0.157 e. The molecule has 0 aliphatic carbocycles. The standard InChI is InChI=1S/C13H20O2S/c1-9(2)11-5-6-12(8-16(14)15)13(7-11)10(3)4/h5-7,9-10H,8H2,1-4H3,(H,14,15). The minimum Gasteiger partial charge on any atom is -0.306 e. The first-order chi connectivity index (χ1) is 7.41. The zero-order chi connectivity index (χ0) is 12.3. The number of hydrogen-bond donors (Lipinski definition) is 1. The third-order valence-corrected chi connectivity index (χ3v) is 3.30. The van der Waals surface area contributed by atoms with Crippen LogP contribution in [0.4, 0.5) is 0 Å². The fourth-order valence-corrected chi connectivity index (χ4v) is 2.30. The van der Waals surface area contributed by atoms with Gasteiger partial charge < -0.3 is 4.55 Å². The Morgan fingerprint density at radius 1 is 1.19 bits per heavy atom. The van der Waals surface area contributed by atoms with Crippen molar-refractivity contribution < 1.29 is 8.76 Å². The van der Waals surface area contributed by atoms with Crippen molar-refractivity contribution in [1.29, 1.82) is 0 Å². The van der Waals surface area contributed by atoms with Crippen LogP contribution in [0.15, 0.2) is 18.2 Å². The molecule has 0 saturated heterocycles. The molecule has 3 heteroatoms. The Morgan fingerprint density at radius 3 is 2.25 bits per heavy atom. The van der Waals surface area contributed by atoms with E-state index in [0.717, 1.165) is 5.56 Å². The maximum absolute atomic E-state index is 10.9. The summed E-state index contributed by atoms with van der Waals surface area (Å²) in [7, 11) is 0. The van der Waals surface area contributed by atoms with Crippen LogP contribution in [0.25, 0.3) is 0 Å². The SMILES string of the molecule is CC(C)c1ccc(CS(=O)O)c(C(C)C)c1. The molecule has 0 radical (unpaired) electrons. The summed E-state index contributed by atoms with van der Waals surface area (Å²) >= 11 is -1.76. The lowest BCUT2D eigenvalue weighted by Crippen LogP contribution is -2.02. The van der Waals surface area contributed by atoms with E-state index in [0.29, 0.717) is 11.8 Å². The van der Waals surface area contributed by atoms with Gasteiger partial charge in [0.2, 0.25) is 0 Å². The molecule has 90 valence electrons. The van der Waals surface area contributed by atoms with Crippen molar-refractivity contribution in [3.8, 4) is 0 Å². The lowest BCUT2D eigenvalue weighted by molar-refractivity contribution is 0.563. The Hall–Kier alpha value is -0.670. The van der Waals surface area contributed by atoms with Gasteiger partial charge in [-0.15, -0.1) is 0 Å². The van der Waals surface area contributed by atoms with E-state index in [1.807, 2.05) is 6.07 Å². The highest BCUT2D eigenvalue weighted by Gasteiger charge is 2.11. The number of benzene rings is 1. The molecular weight excluding hydrogens is 220 g/mol. The van der Waals surface area contributed by atoms with Crippen LogP contribution in [0.2, 0.25) is 0 Å². The van der Waals surface area contributed by atoms with Gasteiger partial charge in [-0.3, -0.25) is 0 Å². The second kappa shape index (κ2) is 5.60. The largest absolute Gasteiger partial charge is 0.306 e. The first-order valence-corrected chi connectivity index (χ1v) is 6.89. The molecule has 1 rings (SSSR count). The molecule has 1 aromatic rings. The molecule has 1 N–H and O–H groups in total. The van der Waals surface area contributed by atoms with Crippen LogP contribution in [-0.4, -0.2) is 8.76 Å². The summed E-state index contributed by atoms with van der Waals surface area (Å²) in [5, 5.41) is 0. The van der Waals surface area contributed by atoms with Crippen LogP contribution in [0, 0.1) is 0 Å². The molecule has 0 aliphatic rings. The monoisotopic (exact) mass is 240 g/mol. The molecule has 0 fully saturated rings. The Labute approximate surface area is 100 Å². The minimum absolute atomic E-state index is 0.228. The maximum atomic E-state index is 10.9. The van der Waals surface area contributed by atoms with Crippen LogP contribution < -0.4 is 0 Å². The summed E-state index contributed by atoms with van der Waals surface area (Å²) in [6.45, 7) is 8.54. The topological polar surface area (TPSA) is 37.3 Å². The normalized spacial score (nSPS) is 13.4. The van der Waals surface area contributed by atoms with Gasteiger partial charge in [-0.05, 0) is 28.5 Å². The predicted molar refractivity (Wildman–Crippen MR) is 69.1 cm³/mol. The van der Waals surface area contributed by atoms with Gasteiger partial charge in [0.1, 0.15) is 0 Å². The van der Waals surface area contributed by atoms with E-state index >= 15 is 0 Å². The van der Waals surface area contributed by atoms with E-state index < -0.39 is 11.1 Å². The van der Waals surface area contributed by atoms with Gasteiger partial charge in [0.05, 0.1) is 5.75 Å².